The molecule has 0 spiro atoms. The molecule has 1 aromatic rings. The molecule has 0 saturated carbocycles. The van der Waals surface area contributed by atoms with Gasteiger partial charge in [-0.25, -0.2) is 0 Å². The second kappa shape index (κ2) is 4.28. The van der Waals surface area contributed by atoms with Gasteiger partial charge in [-0.3, -0.25) is 0 Å². The molecular weight excluding hydrogens is 208 g/mol. The van der Waals surface area contributed by atoms with Gasteiger partial charge >= 0.3 is 0 Å². The molecule has 15 heavy (non-hydrogen) atoms. The molecule has 2 rings (SSSR count). The number of benzene rings is 1. The summed E-state index contributed by atoms with van der Waals surface area (Å²) in [6.45, 7) is 0. The molecule has 0 amide bonds. The number of thiocarbonyl (C=S) groups is 1. The van der Waals surface area contributed by atoms with Crippen LogP contribution >= 0.6 is 12.2 Å². The van der Waals surface area contributed by atoms with E-state index in [1.807, 2.05) is 12.2 Å². The van der Waals surface area contributed by atoms with Crippen LogP contribution in [0.3, 0.4) is 0 Å². The van der Waals surface area contributed by atoms with Crippen molar-refractivity contribution in [2.75, 3.05) is 0 Å². The zero-order chi connectivity index (χ0) is 10.7. The van der Waals surface area contributed by atoms with Gasteiger partial charge in [-0.1, -0.05) is 30.4 Å². The van der Waals surface area contributed by atoms with Gasteiger partial charge in [0.25, 0.3) is 0 Å². The topological polar surface area (TPSA) is 29.5 Å². The lowest BCUT2D eigenvalue weighted by Gasteiger charge is -2.10. The van der Waals surface area contributed by atoms with Gasteiger partial charge in [0.05, 0.1) is 0 Å². The van der Waals surface area contributed by atoms with Gasteiger partial charge in [-0.15, -0.1) is 0 Å². The lowest BCUT2D eigenvalue weighted by atomic mass is 10.2. The summed E-state index contributed by atoms with van der Waals surface area (Å²) in [6.07, 6.45) is 6.37. The minimum atomic E-state index is 0.128. The van der Waals surface area contributed by atoms with Crippen LogP contribution in [0.4, 0.5) is 0 Å². The first-order valence-electron chi connectivity index (χ1n) is 4.62. The third-order valence-electron chi connectivity index (χ3n) is 2.00. The van der Waals surface area contributed by atoms with Crippen LogP contribution in [0.2, 0.25) is 0 Å². The Bertz CT molecular complexity index is 447. The Morgan fingerprint density at radius 1 is 1.27 bits per heavy atom. The maximum absolute atomic E-state index is 9.50. The van der Waals surface area contributed by atoms with Gasteiger partial charge in [-0.05, 0) is 24.3 Å². The van der Waals surface area contributed by atoms with Gasteiger partial charge in [0.15, 0.2) is 11.5 Å². The Balaban J connectivity index is 2.19. The molecular formula is C12H10O2S. The van der Waals surface area contributed by atoms with Crippen molar-refractivity contribution in [3.8, 4) is 11.5 Å². The van der Waals surface area contributed by atoms with Crippen LogP contribution in [0, 0.1) is 0 Å². The normalized spacial score (nSPS) is 14.9. The first-order chi connectivity index (χ1) is 7.25. The van der Waals surface area contributed by atoms with E-state index in [4.69, 9.17) is 17.0 Å². The maximum Gasteiger partial charge on any atom is 0.169 e. The summed E-state index contributed by atoms with van der Waals surface area (Å²) in [4.78, 5) is 0.836. The van der Waals surface area contributed by atoms with Crippen molar-refractivity contribution in [1.29, 1.82) is 0 Å². The molecule has 0 fully saturated rings. The quantitative estimate of drug-likeness (QED) is 0.774. The minimum Gasteiger partial charge on any atom is -0.504 e. The lowest BCUT2D eigenvalue weighted by Crippen LogP contribution is -2.00. The second-order valence-electron chi connectivity index (χ2n) is 3.19. The van der Waals surface area contributed by atoms with Crippen molar-refractivity contribution in [2.45, 2.75) is 6.42 Å². The fourth-order valence-corrected chi connectivity index (χ4v) is 1.50. The maximum atomic E-state index is 9.50. The number of phenols is 1. The fraction of sp³-hybridized carbons (Fsp3) is 0.0833. The zero-order valence-electron chi connectivity index (χ0n) is 8.01. The largest absolute Gasteiger partial charge is 0.504 e. The van der Waals surface area contributed by atoms with E-state index in [0.717, 1.165) is 11.3 Å². The standard InChI is InChI=1S/C12H10O2S/c13-11-6-1-2-7-12(11)14-9-4-3-5-10(15)8-9/h1-4,6-8,13H,5H2. The number of hydrogen-bond donors (Lipinski definition) is 1. The molecule has 0 radical (unpaired) electrons. The predicted molar refractivity (Wildman–Crippen MR) is 63.2 cm³/mol. The van der Waals surface area contributed by atoms with Crippen molar-refractivity contribution >= 4 is 17.1 Å². The van der Waals surface area contributed by atoms with Crippen LogP contribution in [0.5, 0.6) is 11.5 Å². The minimum absolute atomic E-state index is 0.128. The molecule has 76 valence electrons. The molecule has 0 aromatic heterocycles. The third-order valence-corrected chi connectivity index (χ3v) is 2.28. The number of ether oxygens (including phenoxy) is 1. The van der Waals surface area contributed by atoms with Gasteiger partial charge in [0.2, 0.25) is 0 Å². The van der Waals surface area contributed by atoms with Crippen molar-refractivity contribution in [1.82, 2.24) is 0 Å². The van der Waals surface area contributed by atoms with E-state index in [-0.39, 0.29) is 5.75 Å². The molecule has 0 heterocycles. The van der Waals surface area contributed by atoms with E-state index in [9.17, 15) is 5.11 Å². The van der Waals surface area contributed by atoms with Crippen LogP contribution in [0.1, 0.15) is 6.42 Å². The summed E-state index contributed by atoms with van der Waals surface area (Å²) < 4.78 is 5.49. The van der Waals surface area contributed by atoms with Crippen molar-refractivity contribution in [2.24, 2.45) is 0 Å². The Labute approximate surface area is 93.5 Å². The van der Waals surface area contributed by atoms with Gasteiger partial charge < -0.3 is 9.84 Å². The molecule has 0 aliphatic heterocycles. The molecule has 0 atom stereocenters. The molecule has 1 aliphatic carbocycles. The highest BCUT2D eigenvalue weighted by molar-refractivity contribution is 7.80. The fourth-order valence-electron chi connectivity index (χ4n) is 1.29. The number of rotatable bonds is 2. The van der Waals surface area contributed by atoms with E-state index in [0.29, 0.717) is 11.5 Å². The molecule has 0 bridgehead atoms. The summed E-state index contributed by atoms with van der Waals surface area (Å²) in [5.41, 5.74) is 0. The van der Waals surface area contributed by atoms with Crippen LogP contribution in [0.15, 0.2) is 48.3 Å². The molecule has 1 N–H and O–H groups in total. The lowest BCUT2D eigenvalue weighted by molar-refractivity contribution is 0.392. The number of aromatic hydroxyl groups is 1. The summed E-state index contributed by atoms with van der Waals surface area (Å²) in [5, 5.41) is 9.50. The van der Waals surface area contributed by atoms with Crippen LogP contribution in [-0.4, -0.2) is 9.97 Å². The van der Waals surface area contributed by atoms with Crippen LogP contribution in [-0.2, 0) is 0 Å². The highest BCUT2D eigenvalue weighted by atomic mass is 32.1. The SMILES string of the molecule is Oc1ccccc1OC1=CC(=S)CC=C1. The highest BCUT2D eigenvalue weighted by Crippen LogP contribution is 2.27. The third kappa shape index (κ3) is 2.44. The summed E-state index contributed by atoms with van der Waals surface area (Å²) in [7, 11) is 0. The average Bonchev–Trinajstić information content (AvgIpc) is 2.22. The first-order valence-corrected chi connectivity index (χ1v) is 5.03. The molecule has 3 heteroatoms. The zero-order valence-corrected chi connectivity index (χ0v) is 8.83. The molecule has 0 saturated heterocycles. The number of allylic oxidation sites excluding steroid dienone is 3. The van der Waals surface area contributed by atoms with Crippen molar-refractivity contribution < 1.29 is 9.84 Å². The molecule has 0 unspecified atom stereocenters. The van der Waals surface area contributed by atoms with E-state index < -0.39 is 0 Å². The smallest absolute Gasteiger partial charge is 0.169 e. The Morgan fingerprint density at radius 3 is 2.80 bits per heavy atom. The summed E-state index contributed by atoms with van der Waals surface area (Å²) in [6, 6.07) is 6.85. The Hall–Kier alpha value is -1.61. The molecule has 1 aliphatic rings. The number of hydrogen-bond acceptors (Lipinski definition) is 3. The second-order valence-corrected chi connectivity index (χ2v) is 3.71. The first kappa shape index (κ1) is 9.93. The van der Waals surface area contributed by atoms with Gasteiger partial charge in [0.1, 0.15) is 5.76 Å². The van der Waals surface area contributed by atoms with Gasteiger partial charge in [-0.2, -0.15) is 0 Å². The van der Waals surface area contributed by atoms with Crippen LogP contribution in [0.25, 0.3) is 0 Å². The average molecular weight is 218 g/mol. The molecule has 2 nitrogen and oxygen atoms in total. The van der Waals surface area contributed by atoms with Crippen LogP contribution < -0.4 is 4.74 Å². The summed E-state index contributed by atoms with van der Waals surface area (Å²) in [5.74, 6) is 1.23. The van der Waals surface area contributed by atoms with Crippen molar-refractivity contribution in [3.63, 3.8) is 0 Å². The Morgan fingerprint density at radius 2 is 2.07 bits per heavy atom. The number of para-hydroxylation sites is 2. The summed E-state index contributed by atoms with van der Waals surface area (Å²) >= 11 is 5.06. The van der Waals surface area contributed by atoms with Gasteiger partial charge in [0, 0.05) is 11.3 Å². The van der Waals surface area contributed by atoms with E-state index >= 15 is 0 Å². The highest BCUT2D eigenvalue weighted by Gasteiger charge is 2.06. The Kier molecular flexibility index (Phi) is 2.83. The van der Waals surface area contributed by atoms with E-state index in [2.05, 4.69) is 0 Å². The van der Waals surface area contributed by atoms with E-state index in [1.54, 1.807) is 30.3 Å². The van der Waals surface area contributed by atoms with E-state index in [1.165, 1.54) is 0 Å². The number of phenolic OH excluding ortho intramolecular Hbond substituents is 1. The molecule has 1 aromatic carbocycles. The van der Waals surface area contributed by atoms with Crippen molar-refractivity contribution in [3.05, 3.63) is 48.3 Å². The predicted octanol–water partition coefficient (Wildman–Crippen LogP) is 2.98. The monoisotopic (exact) mass is 218 g/mol.